The molecule has 1 aliphatic heterocycles. The van der Waals surface area contributed by atoms with Crippen molar-refractivity contribution in [3.8, 4) is 5.75 Å². The SMILES string of the molecule is FC(F)C(F)(F)Oc1cccc([C@@H]2CCCN2)c1. The van der Waals surface area contributed by atoms with E-state index in [1.165, 1.54) is 18.2 Å². The van der Waals surface area contributed by atoms with Crippen LogP contribution in [0.3, 0.4) is 0 Å². The van der Waals surface area contributed by atoms with Gasteiger partial charge in [0, 0.05) is 6.04 Å². The quantitative estimate of drug-likeness (QED) is 0.841. The van der Waals surface area contributed by atoms with E-state index in [4.69, 9.17) is 0 Å². The third-order valence-corrected chi connectivity index (χ3v) is 2.83. The predicted octanol–water partition coefficient (Wildman–Crippen LogP) is 3.35. The standard InChI is InChI=1S/C12H13F4NO/c13-11(14)12(15,16)18-9-4-1-3-8(7-9)10-5-2-6-17-10/h1,3-4,7,10-11,17H,2,5-6H2/t10-/m0/s1. The van der Waals surface area contributed by atoms with E-state index in [-0.39, 0.29) is 11.8 Å². The van der Waals surface area contributed by atoms with Crippen LogP contribution < -0.4 is 10.1 Å². The van der Waals surface area contributed by atoms with E-state index in [1.807, 2.05) is 0 Å². The number of ether oxygens (including phenoxy) is 1. The van der Waals surface area contributed by atoms with Gasteiger partial charge in [0.05, 0.1) is 0 Å². The highest BCUT2D eigenvalue weighted by Gasteiger charge is 2.44. The van der Waals surface area contributed by atoms with Crippen molar-refractivity contribution in [2.45, 2.75) is 31.4 Å². The fourth-order valence-corrected chi connectivity index (χ4v) is 1.97. The Hall–Kier alpha value is -1.30. The second kappa shape index (κ2) is 5.14. The monoisotopic (exact) mass is 263 g/mol. The molecule has 1 aliphatic rings. The molecule has 0 unspecified atom stereocenters. The van der Waals surface area contributed by atoms with Crippen LogP contribution in [-0.2, 0) is 0 Å². The molecule has 0 saturated carbocycles. The van der Waals surface area contributed by atoms with Crippen molar-refractivity contribution in [1.82, 2.24) is 5.32 Å². The number of hydrogen-bond acceptors (Lipinski definition) is 2. The van der Waals surface area contributed by atoms with Crippen molar-refractivity contribution in [2.24, 2.45) is 0 Å². The Kier molecular flexibility index (Phi) is 3.75. The van der Waals surface area contributed by atoms with Crippen LogP contribution in [0.4, 0.5) is 17.6 Å². The van der Waals surface area contributed by atoms with Crippen LogP contribution in [0.25, 0.3) is 0 Å². The lowest BCUT2D eigenvalue weighted by molar-refractivity contribution is -0.253. The van der Waals surface area contributed by atoms with Crippen molar-refractivity contribution in [3.63, 3.8) is 0 Å². The number of rotatable bonds is 4. The summed E-state index contributed by atoms with van der Waals surface area (Å²) in [6.07, 6.45) is -6.40. The molecule has 1 aromatic rings. The third kappa shape index (κ3) is 2.93. The van der Waals surface area contributed by atoms with Crippen molar-refractivity contribution >= 4 is 0 Å². The van der Waals surface area contributed by atoms with E-state index in [2.05, 4.69) is 10.1 Å². The van der Waals surface area contributed by atoms with Gasteiger partial charge in [-0.05, 0) is 37.1 Å². The molecule has 0 amide bonds. The summed E-state index contributed by atoms with van der Waals surface area (Å²) >= 11 is 0. The molecule has 1 saturated heterocycles. The molecule has 1 atom stereocenters. The summed E-state index contributed by atoms with van der Waals surface area (Å²) in [5.74, 6) is -0.244. The molecule has 1 aromatic carbocycles. The summed E-state index contributed by atoms with van der Waals surface area (Å²) in [5.41, 5.74) is 0.773. The van der Waals surface area contributed by atoms with E-state index in [0.29, 0.717) is 0 Å². The van der Waals surface area contributed by atoms with Gasteiger partial charge >= 0.3 is 12.5 Å². The molecule has 2 rings (SSSR count). The molecule has 2 nitrogen and oxygen atoms in total. The largest absolute Gasteiger partial charge is 0.461 e. The molecule has 1 N–H and O–H groups in total. The van der Waals surface area contributed by atoms with Crippen molar-refractivity contribution in [2.75, 3.05) is 6.54 Å². The van der Waals surface area contributed by atoms with Crippen LogP contribution >= 0.6 is 0 Å². The van der Waals surface area contributed by atoms with Gasteiger partial charge in [-0.3, -0.25) is 0 Å². The average Bonchev–Trinajstić information content (AvgIpc) is 2.82. The van der Waals surface area contributed by atoms with Crippen molar-refractivity contribution in [1.29, 1.82) is 0 Å². The maximum atomic E-state index is 12.8. The lowest BCUT2D eigenvalue weighted by Gasteiger charge is -2.18. The smallest absolute Gasteiger partial charge is 0.428 e. The lowest BCUT2D eigenvalue weighted by atomic mass is 10.1. The van der Waals surface area contributed by atoms with Gasteiger partial charge in [-0.1, -0.05) is 12.1 Å². The zero-order chi connectivity index (χ0) is 13.2. The van der Waals surface area contributed by atoms with Gasteiger partial charge in [0.25, 0.3) is 0 Å². The highest BCUT2D eigenvalue weighted by molar-refractivity contribution is 5.31. The zero-order valence-electron chi connectivity index (χ0n) is 9.51. The Bertz CT molecular complexity index is 405. The summed E-state index contributed by atoms with van der Waals surface area (Å²) in [7, 11) is 0. The average molecular weight is 263 g/mol. The molecule has 0 aliphatic carbocycles. The van der Waals surface area contributed by atoms with Gasteiger partial charge in [-0.2, -0.15) is 17.6 Å². The Morgan fingerprint density at radius 3 is 2.72 bits per heavy atom. The lowest BCUT2D eigenvalue weighted by Crippen LogP contribution is -2.33. The normalized spacial score (nSPS) is 20.4. The van der Waals surface area contributed by atoms with Crippen molar-refractivity contribution in [3.05, 3.63) is 29.8 Å². The topological polar surface area (TPSA) is 21.3 Å². The summed E-state index contributed by atoms with van der Waals surface area (Å²) in [6, 6.07) is 5.98. The first-order chi connectivity index (χ1) is 8.49. The van der Waals surface area contributed by atoms with Crippen LogP contribution in [0.1, 0.15) is 24.4 Å². The number of benzene rings is 1. The fourth-order valence-electron chi connectivity index (χ4n) is 1.97. The molecule has 0 radical (unpaired) electrons. The number of alkyl halides is 4. The minimum Gasteiger partial charge on any atom is -0.428 e. The highest BCUT2D eigenvalue weighted by Crippen LogP contribution is 2.30. The van der Waals surface area contributed by atoms with E-state index >= 15 is 0 Å². The molecule has 1 fully saturated rings. The maximum absolute atomic E-state index is 12.8. The van der Waals surface area contributed by atoms with Crippen LogP contribution in [0.15, 0.2) is 24.3 Å². The van der Waals surface area contributed by atoms with Crippen LogP contribution in [0.5, 0.6) is 5.75 Å². The van der Waals surface area contributed by atoms with Crippen molar-refractivity contribution < 1.29 is 22.3 Å². The van der Waals surface area contributed by atoms with E-state index in [0.717, 1.165) is 24.9 Å². The Labute approximate surface area is 102 Å². The van der Waals surface area contributed by atoms with Gasteiger partial charge in [0.15, 0.2) is 0 Å². The molecular formula is C12H13F4NO. The maximum Gasteiger partial charge on any atom is 0.461 e. The van der Waals surface area contributed by atoms with Gasteiger partial charge < -0.3 is 10.1 Å². The predicted molar refractivity (Wildman–Crippen MR) is 58.0 cm³/mol. The second-order valence-electron chi connectivity index (χ2n) is 4.19. The molecule has 18 heavy (non-hydrogen) atoms. The summed E-state index contributed by atoms with van der Waals surface area (Å²) in [6.45, 7) is 0.864. The fraction of sp³-hybridized carbons (Fsp3) is 0.500. The summed E-state index contributed by atoms with van der Waals surface area (Å²) in [4.78, 5) is 0. The minimum absolute atomic E-state index is 0.0775. The zero-order valence-corrected chi connectivity index (χ0v) is 9.51. The Balaban J connectivity index is 2.12. The highest BCUT2D eigenvalue weighted by atomic mass is 19.3. The van der Waals surface area contributed by atoms with Gasteiger partial charge in [0.2, 0.25) is 0 Å². The minimum atomic E-state index is -4.46. The Morgan fingerprint density at radius 1 is 1.33 bits per heavy atom. The number of hydrogen-bond donors (Lipinski definition) is 1. The first kappa shape index (κ1) is 13.1. The molecular weight excluding hydrogens is 250 g/mol. The molecule has 6 heteroatoms. The van der Waals surface area contributed by atoms with E-state index in [1.54, 1.807) is 6.07 Å². The van der Waals surface area contributed by atoms with Crippen LogP contribution in [0.2, 0.25) is 0 Å². The number of halogens is 4. The number of nitrogens with one attached hydrogen (secondary N) is 1. The second-order valence-corrected chi connectivity index (χ2v) is 4.19. The molecule has 0 bridgehead atoms. The summed E-state index contributed by atoms with van der Waals surface area (Å²) < 4.78 is 53.6. The van der Waals surface area contributed by atoms with Gasteiger partial charge in [0.1, 0.15) is 5.75 Å². The molecule has 1 heterocycles. The first-order valence-corrected chi connectivity index (χ1v) is 5.67. The van der Waals surface area contributed by atoms with Gasteiger partial charge in [-0.15, -0.1) is 0 Å². The molecule has 0 aromatic heterocycles. The first-order valence-electron chi connectivity index (χ1n) is 5.67. The summed E-state index contributed by atoms with van der Waals surface area (Å²) in [5, 5.41) is 3.19. The Morgan fingerprint density at radius 2 is 2.11 bits per heavy atom. The van der Waals surface area contributed by atoms with Crippen LogP contribution in [-0.4, -0.2) is 19.1 Å². The van der Waals surface area contributed by atoms with E-state index in [9.17, 15) is 17.6 Å². The molecule has 0 spiro atoms. The van der Waals surface area contributed by atoms with Gasteiger partial charge in [-0.25, -0.2) is 0 Å². The van der Waals surface area contributed by atoms with E-state index < -0.39 is 12.5 Å². The molecule has 100 valence electrons. The van der Waals surface area contributed by atoms with Crippen LogP contribution in [0, 0.1) is 0 Å². The third-order valence-electron chi connectivity index (χ3n) is 2.83.